The second-order valence-corrected chi connectivity index (χ2v) is 5.58. The zero-order valence-electron chi connectivity index (χ0n) is 12.3. The van der Waals surface area contributed by atoms with Gasteiger partial charge in [-0.1, -0.05) is 24.3 Å². The number of aromatic nitrogens is 4. The van der Waals surface area contributed by atoms with Gasteiger partial charge >= 0.3 is 0 Å². The van der Waals surface area contributed by atoms with Gasteiger partial charge in [0.2, 0.25) is 5.13 Å². The van der Waals surface area contributed by atoms with Crippen molar-refractivity contribution >= 4 is 11.3 Å². The van der Waals surface area contributed by atoms with E-state index in [0.29, 0.717) is 13.2 Å². The molecule has 2 heterocycles. The SMILES string of the molecule is CCc1cccc(OCc2c(CN)nnn2-c2nccs2)c1. The summed E-state index contributed by atoms with van der Waals surface area (Å²) < 4.78 is 7.59. The molecule has 2 N–H and O–H groups in total. The van der Waals surface area contributed by atoms with Crippen LogP contribution in [-0.2, 0) is 19.6 Å². The molecule has 0 fully saturated rings. The molecule has 0 unspecified atom stereocenters. The maximum Gasteiger partial charge on any atom is 0.212 e. The molecule has 22 heavy (non-hydrogen) atoms. The molecule has 0 saturated carbocycles. The molecule has 7 heteroatoms. The highest BCUT2D eigenvalue weighted by Gasteiger charge is 2.15. The van der Waals surface area contributed by atoms with Crippen molar-refractivity contribution in [2.75, 3.05) is 0 Å². The minimum atomic E-state index is 0.319. The molecule has 3 rings (SSSR count). The van der Waals surface area contributed by atoms with Crippen LogP contribution in [0.2, 0.25) is 0 Å². The molecule has 0 radical (unpaired) electrons. The lowest BCUT2D eigenvalue weighted by atomic mass is 10.2. The molecule has 0 aliphatic heterocycles. The smallest absolute Gasteiger partial charge is 0.212 e. The van der Waals surface area contributed by atoms with Crippen LogP contribution in [0, 0.1) is 0 Å². The molecule has 6 nitrogen and oxygen atoms in total. The Balaban J connectivity index is 1.83. The van der Waals surface area contributed by atoms with E-state index in [-0.39, 0.29) is 0 Å². The van der Waals surface area contributed by atoms with Crippen LogP contribution in [-0.4, -0.2) is 20.0 Å². The Morgan fingerprint density at radius 2 is 2.27 bits per heavy atom. The Labute approximate surface area is 132 Å². The van der Waals surface area contributed by atoms with Crippen LogP contribution in [0.15, 0.2) is 35.8 Å². The van der Waals surface area contributed by atoms with Gasteiger partial charge in [-0.25, -0.2) is 4.98 Å². The van der Waals surface area contributed by atoms with Gasteiger partial charge in [-0.05, 0) is 24.1 Å². The topological polar surface area (TPSA) is 78.9 Å². The molecule has 0 amide bonds. The van der Waals surface area contributed by atoms with Gasteiger partial charge in [0.15, 0.2) is 0 Å². The summed E-state index contributed by atoms with van der Waals surface area (Å²) in [5.74, 6) is 0.828. The number of benzene rings is 1. The van der Waals surface area contributed by atoms with Crippen molar-refractivity contribution in [3.8, 4) is 10.9 Å². The Bertz CT molecular complexity index is 738. The molecule has 3 aromatic rings. The summed E-state index contributed by atoms with van der Waals surface area (Å²) in [6.07, 6.45) is 2.71. The average Bonchev–Trinajstić information content (AvgIpc) is 3.21. The van der Waals surface area contributed by atoms with Crippen molar-refractivity contribution in [3.63, 3.8) is 0 Å². The van der Waals surface area contributed by atoms with Crippen molar-refractivity contribution in [1.29, 1.82) is 0 Å². The molecule has 1 aromatic carbocycles. The van der Waals surface area contributed by atoms with Crippen LogP contribution < -0.4 is 10.5 Å². The van der Waals surface area contributed by atoms with Gasteiger partial charge in [0.1, 0.15) is 23.7 Å². The monoisotopic (exact) mass is 315 g/mol. The molecule has 0 spiro atoms. The molecule has 2 aromatic heterocycles. The molecular formula is C15H17N5OS. The summed E-state index contributed by atoms with van der Waals surface area (Å²) in [5, 5.41) is 10.9. The fraction of sp³-hybridized carbons (Fsp3) is 0.267. The third-order valence-corrected chi connectivity index (χ3v) is 4.07. The second-order valence-electron chi connectivity index (χ2n) is 4.70. The minimum Gasteiger partial charge on any atom is -0.487 e. The fourth-order valence-electron chi connectivity index (χ4n) is 2.12. The highest BCUT2D eigenvalue weighted by molar-refractivity contribution is 7.12. The largest absolute Gasteiger partial charge is 0.487 e. The first-order valence-electron chi connectivity index (χ1n) is 7.07. The number of aryl methyl sites for hydroxylation is 1. The quantitative estimate of drug-likeness (QED) is 0.755. The highest BCUT2D eigenvalue weighted by Crippen LogP contribution is 2.19. The van der Waals surface area contributed by atoms with Crippen LogP contribution in [0.25, 0.3) is 5.13 Å². The second kappa shape index (κ2) is 6.67. The predicted molar refractivity (Wildman–Crippen MR) is 85.1 cm³/mol. The number of rotatable bonds is 6. The van der Waals surface area contributed by atoms with Gasteiger partial charge in [-0.2, -0.15) is 4.68 Å². The predicted octanol–water partition coefficient (Wildman–Crippen LogP) is 2.32. The van der Waals surface area contributed by atoms with E-state index in [1.54, 1.807) is 10.9 Å². The Morgan fingerprint density at radius 1 is 1.36 bits per heavy atom. The number of nitrogens with zero attached hydrogens (tertiary/aromatic N) is 4. The summed E-state index contributed by atoms with van der Waals surface area (Å²) in [5.41, 5.74) is 8.54. The standard InChI is InChI=1S/C15H17N5OS/c1-2-11-4-3-5-12(8-11)21-10-14-13(9-16)18-19-20(14)15-17-6-7-22-15/h3-8H,2,9-10,16H2,1H3. The number of nitrogens with two attached hydrogens (primary N) is 1. The maximum atomic E-state index is 5.89. The molecule has 0 aliphatic rings. The number of hydrogen-bond acceptors (Lipinski definition) is 6. The van der Waals surface area contributed by atoms with E-state index in [2.05, 4.69) is 28.3 Å². The lowest BCUT2D eigenvalue weighted by molar-refractivity contribution is 0.296. The third-order valence-electron chi connectivity index (χ3n) is 3.32. The molecule has 114 valence electrons. The van der Waals surface area contributed by atoms with E-state index in [1.165, 1.54) is 16.9 Å². The summed E-state index contributed by atoms with van der Waals surface area (Å²) in [4.78, 5) is 4.26. The van der Waals surface area contributed by atoms with Crippen molar-refractivity contribution in [2.24, 2.45) is 5.73 Å². The molecule has 0 bridgehead atoms. The number of hydrogen-bond donors (Lipinski definition) is 1. The van der Waals surface area contributed by atoms with Gasteiger partial charge in [0.25, 0.3) is 0 Å². The van der Waals surface area contributed by atoms with Crippen LogP contribution >= 0.6 is 11.3 Å². The van der Waals surface area contributed by atoms with Crippen LogP contribution in [0.3, 0.4) is 0 Å². The van der Waals surface area contributed by atoms with E-state index in [4.69, 9.17) is 10.5 Å². The minimum absolute atomic E-state index is 0.319. The van der Waals surface area contributed by atoms with Gasteiger partial charge in [0, 0.05) is 18.1 Å². The van der Waals surface area contributed by atoms with E-state index in [1.807, 2.05) is 23.6 Å². The molecule has 0 aliphatic carbocycles. The van der Waals surface area contributed by atoms with Gasteiger partial charge in [-0.3, -0.25) is 0 Å². The zero-order valence-corrected chi connectivity index (χ0v) is 13.1. The lowest BCUT2D eigenvalue weighted by Crippen LogP contribution is -2.09. The molecule has 0 saturated heterocycles. The summed E-state index contributed by atoms with van der Waals surface area (Å²) in [6, 6.07) is 8.06. The first kappa shape index (κ1) is 14.7. The van der Waals surface area contributed by atoms with Crippen molar-refractivity contribution in [3.05, 3.63) is 52.8 Å². The normalized spacial score (nSPS) is 10.8. The summed E-state index contributed by atoms with van der Waals surface area (Å²) in [6.45, 7) is 2.79. The summed E-state index contributed by atoms with van der Waals surface area (Å²) in [7, 11) is 0. The lowest BCUT2D eigenvalue weighted by Gasteiger charge is -2.09. The number of ether oxygens (including phenoxy) is 1. The van der Waals surface area contributed by atoms with Crippen molar-refractivity contribution in [1.82, 2.24) is 20.0 Å². The van der Waals surface area contributed by atoms with E-state index in [9.17, 15) is 0 Å². The first-order valence-corrected chi connectivity index (χ1v) is 7.95. The number of thiazole rings is 1. The van der Waals surface area contributed by atoms with Gasteiger partial charge < -0.3 is 10.5 Å². The Morgan fingerprint density at radius 3 is 3.00 bits per heavy atom. The van der Waals surface area contributed by atoms with E-state index < -0.39 is 0 Å². The third kappa shape index (κ3) is 3.00. The van der Waals surface area contributed by atoms with Crippen LogP contribution in [0.4, 0.5) is 0 Å². The maximum absolute atomic E-state index is 5.89. The Hall–Kier alpha value is -2.25. The van der Waals surface area contributed by atoms with Gasteiger partial charge in [0.05, 0.1) is 0 Å². The Kier molecular flexibility index (Phi) is 4.45. The fourth-order valence-corrected chi connectivity index (χ4v) is 2.73. The van der Waals surface area contributed by atoms with Crippen LogP contribution in [0.1, 0.15) is 23.9 Å². The zero-order chi connectivity index (χ0) is 15.4. The highest BCUT2D eigenvalue weighted by atomic mass is 32.1. The first-order chi connectivity index (χ1) is 10.8. The van der Waals surface area contributed by atoms with Gasteiger partial charge in [-0.15, -0.1) is 16.4 Å². The molecular weight excluding hydrogens is 298 g/mol. The van der Waals surface area contributed by atoms with E-state index in [0.717, 1.165) is 28.7 Å². The van der Waals surface area contributed by atoms with Crippen molar-refractivity contribution in [2.45, 2.75) is 26.5 Å². The van der Waals surface area contributed by atoms with E-state index >= 15 is 0 Å². The van der Waals surface area contributed by atoms with Crippen LogP contribution in [0.5, 0.6) is 5.75 Å². The molecule has 0 atom stereocenters. The van der Waals surface area contributed by atoms with Crippen molar-refractivity contribution < 1.29 is 4.74 Å². The average molecular weight is 315 g/mol. The summed E-state index contributed by atoms with van der Waals surface area (Å²) >= 11 is 1.49.